The molecule has 0 aliphatic rings. The summed E-state index contributed by atoms with van der Waals surface area (Å²) in [7, 11) is -1.94. The lowest BCUT2D eigenvalue weighted by atomic mass is 10.1. The monoisotopic (exact) mass is 478 g/mol. The average molecular weight is 478 g/mol. The van der Waals surface area contributed by atoms with E-state index in [2.05, 4.69) is 9.47 Å². The smallest absolute Gasteiger partial charge is 0.337 e. The largest absolute Gasteiger partial charge is 0.465 e. The van der Waals surface area contributed by atoms with Crippen molar-refractivity contribution in [3.63, 3.8) is 0 Å². The summed E-state index contributed by atoms with van der Waals surface area (Å²) in [5, 5.41) is 0. The van der Waals surface area contributed by atoms with Gasteiger partial charge in [0, 0.05) is 25.0 Å². The Hall–Kier alpha value is -3.73. The highest BCUT2D eigenvalue weighted by Crippen LogP contribution is 2.30. The Labute approximate surface area is 190 Å². The summed E-state index contributed by atoms with van der Waals surface area (Å²) >= 11 is 0. The maximum atomic E-state index is 13.6. The Morgan fingerprint density at radius 2 is 1.06 bits per heavy atom. The van der Waals surface area contributed by atoms with E-state index in [1.807, 2.05) is 0 Å². The van der Waals surface area contributed by atoms with E-state index in [1.165, 1.54) is 50.6 Å². The van der Waals surface area contributed by atoms with Gasteiger partial charge < -0.3 is 18.9 Å². The Balaban J connectivity index is 2.68. The number of carbonyl (C=O) groups excluding carboxylic acids is 4. The Morgan fingerprint density at radius 1 is 0.697 bits per heavy atom. The topological polar surface area (TPSA) is 139 Å². The van der Waals surface area contributed by atoms with E-state index in [9.17, 15) is 27.6 Å². The zero-order valence-corrected chi connectivity index (χ0v) is 19.2. The third-order valence-electron chi connectivity index (χ3n) is 4.40. The molecule has 0 fully saturated rings. The minimum Gasteiger partial charge on any atom is -0.465 e. The molecular weight excluding hydrogens is 456 g/mol. The van der Waals surface area contributed by atoms with E-state index < -0.39 is 46.9 Å². The van der Waals surface area contributed by atoms with Gasteiger partial charge in [0.25, 0.3) is 0 Å². The summed E-state index contributed by atoms with van der Waals surface area (Å²) < 4.78 is 46.3. The van der Waals surface area contributed by atoms with Gasteiger partial charge >= 0.3 is 23.9 Å². The molecule has 0 amide bonds. The van der Waals surface area contributed by atoms with E-state index in [4.69, 9.17) is 9.47 Å². The third kappa shape index (κ3) is 6.16. The summed E-state index contributed by atoms with van der Waals surface area (Å²) in [4.78, 5) is 45.9. The lowest BCUT2D eigenvalue weighted by Crippen LogP contribution is -2.14. The molecule has 0 heterocycles. The van der Waals surface area contributed by atoms with Crippen LogP contribution < -0.4 is 0 Å². The summed E-state index contributed by atoms with van der Waals surface area (Å²) in [5.74, 6) is -2.72. The van der Waals surface area contributed by atoms with Gasteiger partial charge in [-0.3, -0.25) is 9.59 Å². The zero-order chi connectivity index (χ0) is 24.8. The van der Waals surface area contributed by atoms with Crippen LogP contribution in [0.1, 0.15) is 45.7 Å². The van der Waals surface area contributed by atoms with Crippen molar-refractivity contribution in [3.8, 4) is 0 Å². The van der Waals surface area contributed by atoms with Crippen LogP contribution in [-0.2, 0) is 51.6 Å². The van der Waals surface area contributed by atoms with Crippen molar-refractivity contribution < 1.29 is 46.5 Å². The standard InChI is InChI=1S/C22H22O10S/c1-13(23)31-11-17-9-15(21(25)29-3)5-7-19(17)33(27,28)20-8-6-16(22(26)30-4)10-18(20)12-32-14(2)24/h5-10H,11-12H2,1-4H3. The maximum Gasteiger partial charge on any atom is 0.337 e. The molecule has 10 nitrogen and oxygen atoms in total. The van der Waals surface area contributed by atoms with E-state index >= 15 is 0 Å². The lowest BCUT2D eigenvalue weighted by Gasteiger charge is -2.15. The van der Waals surface area contributed by atoms with Gasteiger partial charge in [-0.1, -0.05) is 0 Å². The molecule has 0 bridgehead atoms. The quantitative estimate of drug-likeness (QED) is 0.410. The first-order valence-corrected chi connectivity index (χ1v) is 10.9. The predicted octanol–water partition coefficient (Wildman–Crippen LogP) is 2.22. The Bertz CT molecular complexity index is 1110. The first-order valence-electron chi connectivity index (χ1n) is 9.45. The highest BCUT2D eigenvalue weighted by atomic mass is 32.2. The number of esters is 4. The molecule has 0 atom stereocenters. The van der Waals surface area contributed by atoms with Crippen LogP contribution in [0.4, 0.5) is 0 Å². The van der Waals surface area contributed by atoms with Crippen molar-refractivity contribution in [3.05, 3.63) is 58.7 Å². The molecule has 0 saturated heterocycles. The molecular formula is C22H22O10S. The van der Waals surface area contributed by atoms with Crippen LogP contribution in [-0.4, -0.2) is 46.5 Å². The van der Waals surface area contributed by atoms with Gasteiger partial charge in [0.15, 0.2) is 0 Å². The lowest BCUT2D eigenvalue weighted by molar-refractivity contribution is -0.143. The predicted molar refractivity (Wildman–Crippen MR) is 112 cm³/mol. The van der Waals surface area contributed by atoms with Crippen molar-refractivity contribution in [2.24, 2.45) is 0 Å². The number of sulfone groups is 1. The molecule has 2 aromatic carbocycles. The molecule has 0 radical (unpaired) electrons. The first-order chi connectivity index (χ1) is 15.5. The second kappa shape index (κ2) is 10.7. The second-order valence-corrected chi connectivity index (χ2v) is 8.58. The molecule has 0 saturated carbocycles. The fourth-order valence-corrected chi connectivity index (χ4v) is 4.53. The first kappa shape index (κ1) is 25.5. The van der Waals surface area contributed by atoms with Gasteiger partial charge in [0.05, 0.1) is 35.1 Å². The molecule has 0 aromatic heterocycles. The summed E-state index contributed by atoms with van der Waals surface area (Å²) in [6.45, 7) is 1.46. The number of rotatable bonds is 8. The van der Waals surface area contributed by atoms with Gasteiger partial charge in [0.1, 0.15) is 13.2 Å². The zero-order valence-electron chi connectivity index (χ0n) is 18.4. The Kier molecular flexibility index (Phi) is 8.30. The van der Waals surface area contributed by atoms with Crippen LogP contribution in [0, 0.1) is 0 Å². The normalized spacial score (nSPS) is 10.8. The van der Waals surface area contributed by atoms with Crippen LogP contribution >= 0.6 is 0 Å². The van der Waals surface area contributed by atoms with E-state index in [-0.39, 0.29) is 32.0 Å². The highest BCUT2D eigenvalue weighted by Gasteiger charge is 2.27. The molecule has 176 valence electrons. The molecule has 0 N–H and O–H groups in total. The van der Waals surface area contributed by atoms with Crippen LogP contribution in [0.3, 0.4) is 0 Å². The fraction of sp³-hybridized carbons (Fsp3) is 0.273. The molecule has 11 heteroatoms. The minimum atomic E-state index is -4.28. The number of hydrogen-bond acceptors (Lipinski definition) is 10. The van der Waals surface area contributed by atoms with Crippen LogP contribution in [0.5, 0.6) is 0 Å². The van der Waals surface area contributed by atoms with Crippen molar-refractivity contribution in [1.29, 1.82) is 0 Å². The van der Waals surface area contributed by atoms with E-state index in [1.54, 1.807) is 0 Å². The molecule has 2 rings (SSSR count). The fourth-order valence-electron chi connectivity index (χ4n) is 2.88. The van der Waals surface area contributed by atoms with Crippen molar-refractivity contribution in [1.82, 2.24) is 0 Å². The molecule has 0 aliphatic heterocycles. The summed E-state index contributed by atoms with van der Waals surface area (Å²) in [6.07, 6.45) is 0. The van der Waals surface area contributed by atoms with Gasteiger partial charge in [-0.05, 0) is 36.4 Å². The summed E-state index contributed by atoms with van der Waals surface area (Å²) in [5.41, 5.74) is 0.173. The van der Waals surface area contributed by atoms with Crippen LogP contribution in [0.15, 0.2) is 46.2 Å². The molecule has 0 spiro atoms. The van der Waals surface area contributed by atoms with E-state index in [0.717, 1.165) is 13.8 Å². The number of methoxy groups -OCH3 is 2. The molecule has 33 heavy (non-hydrogen) atoms. The highest BCUT2D eigenvalue weighted by molar-refractivity contribution is 7.91. The van der Waals surface area contributed by atoms with Crippen molar-refractivity contribution >= 4 is 33.7 Å². The second-order valence-electron chi connectivity index (χ2n) is 6.69. The number of ether oxygens (including phenoxy) is 4. The average Bonchev–Trinajstić information content (AvgIpc) is 2.79. The van der Waals surface area contributed by atoms with Gasteiger partial charge in [0.2, 0.25) is 9.84 Å². The van der Waals surface area contributed by atoms with Crippen molar-refractivity contribution in [2.75, 3.05) is 14.2 Å². The SMILES string of the molecule is COC(=O)c1ccc(S(=O)(=O)c2ccc(C(=O)OC)cc2COC(C)=O)c(COC(C)=O)c1. The third-order valence-corrected chi connectivity index (χ3v) is 6.36. The number of benzene rings is 2. The number of hydrogen-bond donors (Lipinski definition) is 0. The van der Waals surface area contributed by atoms with Gasteiger partial charge in [-0.15, -0.1) is 0 Å². The van der Waals surface area contributed by atoms with Crippen molar-refractivity contribution in [2.45, 2.75) is 36.9 Å². The van der Waals surface area contributed by atoms with Gasteiger partial charge in [-0.25, -0.2) is 18.0 Å². The van der Waals surface area contributed by atoms with Crippen LogP contribution in [0.25, 0.3) is 0 Å². The van der Waals surface area contributed by atoms with Crippen LogP contribution in [0.2, 0.25) is 0 Å². The number of carbonyl (C=O) groups is 4. The molecule has 0 unspecified atom stereocenters. The van der Waals surface area contributed by atoms with Gasteiger partial charge in [-0.2, -0.15) is 0 Å². The Morgan fingerprint density at radius 3 is 1.36 bits per heavy atom. The maximum absolute atomic E-state index is 13.6. The minimum absolute atomic E-state index is 0.0311. The molecule has 2 aromatic rings. The summed E-state index contributed by atoms with van der Waals surface area (Å²) in [6, 6.07) is 7.37. The van der Waals surface area contributed by atoms with E-state index in [0.29, 0.717) is 0 Å². The molecule has 0 aliphatic carbocycles.